The highest BCUT2D eigenvalue weighted by Gasteiger charge is 2.16. The van der Waals surface area contributed by atoms with Gasteiger partial charge >= 0.3 is 0 Å². The van der Waals surface area contributed by atoms with Gasteiger partial charge in [-0.1, -0.05) is 12.1 Å². The smallest absolute Gasteiger partial charge is 0.242 e. The van der Waals surface area contributed by atoms with E-state index in [1.54, 1.807) is 18.2 Å². The molecule has 2 aromatic carbocycles. The Balaban J connectivity index is 2.43. The Kier molecular flexibility index (Phi) is 3.78. The van der Waals surface area contributed by atoms with E-state index in [1.807, 2.05) is 0 Å². The average molecular weight is 294 g/mol. The highest BCUT2D eigenvalue weighted by Crippen LogP contribution is 2.27. The van der Waals surface area contributed by atoms with Gasteiger partial charge < -0.3 is 5.73 Å². The summed E-state index contributed by atoms with van der Waals surface area (Å²) in [6, 6.07) is 10.4. The zero-order valence-corrected chi connectivity index (χ0v) is 12.0. The number of benzene rings is 2. The molecular weight excluding hydrogens is 279 g/mol. The molecule has 0 fully saturated rings. The fraction of sp³-hybridized carbons (Fsp3) is 0.143. The van der Waals surface area contributed by atoms with Crippen LogP contribution in [0.2, 0.25) is 0 Å². The van der Waals surface area contributed by atoms with Gasteiger partial charge in [0.15, 0.2) is 0 Å². The van der Waals surface area contributed by atoms with Crippen LogP contribution in [-0.2, 0) is 10.0 Å². The van der Waals surface area contributed by atoms with Gasteiger partial charge in [-0.05, 0) is 35.9 Å². The summed E-state index contributed by atoms with van der Waals surface area (Å²) < 4.78 is 38.0. The molecule has 0 aliphatic rings. The van der Waals surface area contributed by atoms with Gasteiger partial charge in [0.2, 0.25) is 10.0 Å². The Morgan fingerprint density at radius 3 is 2.15 bits per heavy atom. The van der Waals surface area contributed by atoms with Crippen molar-refractivity contribution in [1.29, 1.82) is 0 Å². The van der Waals surface area contributed by atoms with E-state index in [-0.39, 0.29) is 4.90 Å². The molecule has 0 atom stereocenters. The monoisotopic (exact) mass is 294 g/mol. The van der Waals surface area contributed by atoms with Crippen molar-refractivity contribution in [3.05, 3.63) is 48.3 Å². The molecule has 4 nitrogen and oxygen atoms in total. The van der Waals surface area contributed by atoms with Gasteiger partial charge in [0, 0.05) is 25.3 Å². The Morgan fingerprint density at radius 1 is 1.05 bits per heavy atom. The first kappa shape index (κ1) is 14.5. The van der Waals surface area contributed by atoms with E-state index in [1.165, 1.54) is 38.4 Å². The number of hydrogen-bond acceptors (Lipinski definition) is 3. The Labute approximate surface area is 117 Å². The van der Waals surface area contributed by atoms with Crippen LogP contribution in [0.15, 0.2) is 47.4 Å². The largest absolute Gasteiger partial charge is 0.398 e. The van der Waals surface area contributed by atoms with Crippen molar-refractivity contribution in [3.63, 3.8) is 0 Å². The summed E-state index contributed by atoms with van der Waals surface area (Å²) in [7, 11) is -0.504. The van der Waals surface area contributed by atoms with Crippen LogP contribution in [0.1, 0.15) is 0 Å². The number of halogens is 1. The number of rotatable bonds is 3. The number of nitrogen functional groups attached to an aromatic ring is 1. The Bertz CT molecular complexity index is 725. The molecule has 106 valence electrons. The van der Waals surface area contributed by atoms with Gasteiger partial charge in [0.25, 0.3) is 0 Å². The molecule has 0 aliphatic heterocycles. The molecule has 20 heavy (non-hydrogen) atoms. The topological polar surface area (TPSA) is 63.4 Å². The second-order valence-electron chi connectivity index (χ2n) is 4.54. The maximum absolute atomic E-state index is 13.0. The Hall–Kier alpha value is -1.92. The summed E-state index contributed by atoms with van der Waals surface area (Å²) in [5.74, 6) is -0.405. The summed E-state index contributed by atoms with van der Waals surface area (Å²) in [5.41, 5.74) is 7.48. The standard InChI is InChI=1S/C14H15FN2O2S/c1-17(2)20(18,19)12-6-3-10(4-7-12)13-8-5-11(15)9-14(13)16/h3-9H,16H2,1-2H3. The lowest BCUT2D eigenvalue weighted by Crippen LogP contribution is -2.22. The minimum atomic E-state index is -3.45. The zero-order chi connectivity index (χ0) is 14.9. The molecule has 2 N–H and O–H groups in total. The van der Waals surface area contributed by atoms with Crippen molar-refractivity contribution in [2.24, 2.45) is 0 Å². The first-order chi connectivity index (χ1) is 9.32. The fourth-order valence-corrected chi connectivity index (χ4v) is 2.72. The summed E-state index contributed by atoms with van der Waals surface area (Å²) in [6.45, 7) is 0. The lowest BCUT2D eigenvalue weighted by Gasteiger charge is -2.12. The highest BCUT2D eigenvalue weighted by atomic mass is 32.2. The molecule has 0 bridgehead atoms. The van der Waals surface area contributed by atoms with Crippen LogP contribution >= 0.6 is 0 Å². The first-order valence-corrected chi connectivity index (χ1v) is 7.34. The van der Waals surface area contributed by atoms with E-state index in [4.69, 9.17) is 5.73 Å². The van der Waals surface area contributed by atoms with Gasteiger partial charge in [-0.15, -0.1) is 0 Å². The number of nitrogens with two attached hydrogens (primary N) is 1. The van der Waals surface area contributed by atoms with E-state index < -0.39 is 15.8 Å². The number of sulfonamides is 1. The van der Waals surface area contributed by atoms with Crippen molar-refractivity contribution in [2.45, 2.75) is 4.90 Å². The zero-order valence-electron chi connectivity index (χ0n) is 11.2. The summed E-state index contributed by atoms with van der Waals surface area (Å²) in [5, 5.41) is 0. The van der Waals surface area contributed by atoms with E-state index >= 15 is 0 Å². The molecule has 0 amide bonds. The lowest BCUT2D eigenvalue weighted by molar-refractivity contribution is 0.521. The molecule has 6 heteroatoms. The van der Waals surface area contributed by atoms with Gasteiger partial charge in [0.1, 0.15) is 5.82 Å². The van der Waals surface area contributed by atoms with Crippen LogP contribution in [0.5, 0.6) is 0 Å². The van der Waals surface area contributed by atoms with Crippen LogP contribution in [0, 0.1) is 5.82 Å². The average Bonchev–Trinajstić information content (AvgIpc) is 2.38. The van der Waals surface area contributed by atoms with Gasteiger partial charge in [-0.3, -0.25) is 0 Å². The minimum Gasteiger partial charge on any atom is -0.398 e. The van der Waals surface area contributed by atoms with E-state index in [0.717, 1.165) is 9.87 Å². The number of nitrogens with zero attached hydrogens (tertiary/aromatic N) is 1. The second kappa shape index (κ2) is 5.22. The summed E-state index contributed by atoms with van der Waals surface area (Å²) in [4.78, 5) is 0.201. The molecule has 0 spiro atoms. The predicted octanol–water partition coefficient (Wildman–Crippen LogP) is 2.33. The predicted molar refractivity (Wildman–Crippen MR) is 77.1 cm³/mol. The third-order valence-corrected chi connectivity index (χ3v) is 4.79. The third kappa shape index (κ3) is 2.66. The van der Waals surface area contributed by atoms with Crippen LogP contribution in [0.3, 0.4) is 0 Å². The van der Waals surface area contributed by atoms with E-state index in [2.05, 4.69) is 0 Å². The molecule has 2 aromatic rings. The highest BCUT2D eigenvalue weighted by molar-refractivity contribution is 7.89. The van der Waals surface area contributed by atoms with Crippen LogP contribution in [0.4, 0.5) is 10.1 Å². The van der Waals surface area contributed by atoms with Crippen LogP contribution < -0.4 is 5.73 Å². The van der Waals surface area contributed by atoms with E-state index in [0.29, 0.717) is 11.3 Å². The van der Waals surface area contributed by atoms with E-state index in [9.17, 15) is 12.8 Å². The van der Waals surface area contributed by atoms with Crippen molar-refractivity contribution in [1.82, 2.24) is 4.31 Å². The van der Waals surface area contributed by atoms with Crippen molar-refractivity contribution in [3.8, 4) is 11.1 Å². The molecule has 2 rings (SSSR count). The second-order valence-corrected chi connectivity index (χ2v) is 6.70. The maximum Gasteiger partial charge on any atom is 0.242 e. The maximum atomic E-state index is 13.0. The van der Waals surface area contributed by atoms with Crippen LogP contribution in [-0.4, -0.2) is 26.8 Å². The molecular formula is C14H15FN2O2S. The fourth-order valence-electron chi connectivity index (χ4n) is 1.81. The molecule has 0 saturated heterocycles. The molecule has 0 radical (unpaired) electrons. The molecule has 0 heterocycles. The SMILES string of the molecule is CN(C)S(=O)(=O)c1ccc(-c2ccc(F)cc2N)cc1. The lowest BCUT2D eigenvalue weighted by atomic mass is 10.0. The summed E-state index contributed by atoms with van der Waals surface area (Å²) in [6.07, 6.45) is 0. The van der Waals surface area contributed by atoms with Crippen LogP contribution in [0.25, 0.3) is 11.1 Å². The van der Waals surface area contributed by atoms with Gasteiger partial charge in [-0.2, -0.15) is 0 Å². The summed E-state index contributed by atoms with van der Waals surface area (Å²) >= 11 is 0. The van der Waals surface area contributed by atoms with Crippen molar-refractivity contribution < 1.29 is 12.8 Å². The normalized spacial score (nSPS) is 11.8. The van der Waals surface area contributed by atoms with Gasteiger partial charge in [-0.25, -0.2) is 17.1 Å². The molecule has 0 unspecified atom stereocenters. The number of anilines is 1. The first-order valence-electron chi connectivity index (χ1n) is 5.90. The number of hydrogen-bond donors (Lipinski definition) is 1. The molecule has 0 aromatic heterocycles. The quantitative estimate of drug-likeness (QED) is 0.884. The molecule has 0 aliphatic carbocycles. The van der Waals surface area contributed by atoms with Crippen molar-refractivity contribution >= 4 is 15.7 Å². The minimum absolute atomic E-state index is 0.201. The van der Waals surface area contributed by atoms with Gasteiger partial charge in [0.05, 0.1) is 4.90 Å². The molecule has 0 saturated carbocycles. The Morgan fingerprint density at radius 2 is 1.65 bits per heavy atom. The third-order valence-electron chi connectivity index (χ3n) is 2.96. The van der Waals surface area contributed by atoms with Crippen molar-refractivity contribution in [2.75, 3.05) is 19.8 Å².